The number of anilines is 1. The van der Waals surface area contributed by atoms with Crippen LogP contribution in [-0.2, 0) is 21.2 Å². The molecule has 0 radical (unpaired) electrons. The van der Waals surface area contributed by atoms with E-state index in [1.54, 1.807) is 12.1 Å². The lowest BCUT2D eigenvalue weighted by molar-refractivity contribution is -0.0152. The summed E-state index contributed by atoms with van der Waals surface area (Å²) in [6.45, 7) is 2.68. The molecular formula is C29H37N5O5S. The Hall–Kier alpha value is -3.09. The van der Waals surface area contributed by atoms with Gasteiger partial charge in [0.2, 0.25) is 16.0 Å². The molecule has 0 aliphatic carbocycles. The van der Waals surface area contributed by atoms with Crippen molar-refractivity contribution in [1.82, 2.24) is 20.0 Å². The first kappa shape index (κ1) is 28.4. The molecule has 2 fully saturated rings. The van der Waals surface area contributed by atoms with Gasteiger partial charge in [0.15, 0.2) is 0 Å². The molecule has 2 atom stereocenters. The number of aromatic nitrogens is 2. The Bertz CT molecular complexity index is 1350. The van der Waals surface area contributed by atoms with E-state index in [0.717, 1.165) is 50.3 Å². The first-order valence-electron chi connectivity index (χ1n) is 13.7. The van der Waals surface area contributed by atoms with Crippen molar-refractivity contribution in [3.63, 3.8) is 0 Å². The summed E-state index contributed by atoms with van der Waals surface area (Å²) < 4.78 is 38.2. The Labute approximate surface area is 235 Å². The highest BCUT2D eigenvalue weighted by atomic mass is 32.2. The minimum absolute atomic E-state index is 0.0495. The number of nitrogens with zero attached hydrogens (tertiary/aromatic N) is 3. The van der Waals surface area contributed by atoms with Crippen molar-refractivity contribution >= 4 is 16.0 Å². The molecule has 10 nitrogen and oxygen atoms in total. The normalized spacial score (nSPS) is 19.6. The van der Waals surface area contributed by atoms with Crippen LogP contribution in [0.1, 0.15) is 30.4 Å². The van der Waals surface area contributed by atoms with E-state index < -0.39 is 16.1 Å². The third-order valence-electron chi connectivity index (χ3n) is 7.58. The molecule has 40 heavy (non-hydrogen) atoms. The summed E-state index contributed by atoms with van der Waals surface area (Å²) in [5.41, 5.74) is 2.18. The molecule has 214 valence electrons. The standard InChI is InChI=1S/C29H37N5O5S/c1-30-40(36,37)27-9-5-8-26(15-27)38-21-25(35)19-31-24-16-29(39-20-24)10-12-34(13-11-29)28-32-17-23(18-33-28)14-22-6-3-2-4-7-22/h2-9,15,17-18,24-25,30-31,35H,10-14,16,19-21H2,1H3/t24?,25-/m0/s1. The molecule has 3 N–H and O–H groups in total. The molecule has 0 amide bonds. The lowest BCUT2D eigenvalue weighted by atomic mass is 9.87. The quantitative estimate of drug-likeness (QED) is 0.320. The highest BCUT2D eigenvalue weighted by molar-refractivity contribution is 7.89. The number of hydrogen-bond acceptors (Lipinski definition) is 9. The lowest BCUT2D eigenvalue weighted by Gasteiger charge is -2.38. The number of rotatable bonds is 11. The number of benzene rings is 2. The molecule has 1 spiro atoms. The maximum atomic E-state index is 12.0. The Morgan fingerprint density at radius 2 is 1.85 bits per heavy atom. The van der Waals surface area contributed by atoms with E-state index in [0.29, 0.717) is 18.9 Å². The van der Waals surface area contributed by atoms with Crippen molar-refractivity contribution in [3.05, 3.63) is 78.1 Å². The zero-order valence-corrected chi connectivity index (χ0v) is 23.5. The maximum absolute atomic E-state index is 12.0. The number of sulfonamides is 1. The van der Waals surface area contributed by atoms with Crippen LogP contribution in [0.5, 0.6) is 5.75 Å². The third kappa shape index (κ3) is 7.15. The summed E-state index contributed by atoms with van der Waals surface area (Å²) in [7, 11) is -2.20. The minimum Gasteiger partial charge on any atom is -0.491 e. The van der Waals surface area contributed by atoms with E-state index in [-0.39, 0.29) is 23.1 Å². The fraction of sp³-hybridized carbons (Fsp3) is 0.448. The van der Waals surface area contributed by atoms with Crippen LogP contribution in [-0.4, -0.2) is 81.1 Å². The molecule has 3 aromatic rings. The molecule has 1 unspecified atom stereocenters. The van der Waals surface area contributed by atoms with Crippen molar-refractivity contribution in [1.29, 1.82) is 0 Å². The topological polar surface area (TPSA) is 126 Å². The molecule has 0 bridgehead atoms. The van der Waals surface area contributed by atoms with Gasteiger partial charge in [-0.1, -0.05) is 36.4 Å². The van der Waals surface area contributed by atoms with Gasteiger partial charge in [-0.3, -0.25) is 0 Å². The Balaban J connectivity index is 1.04. The van der Waals surface area contributed by atoms with E-state index in [9.17, 15) is 13.5 Å². The molecule has 2 saturated heterocycles. The average Bonchev–Trinajstić information content (AvgIpc) is 3.38. The van der Waals surface area contributed by atoms with Gasteiger partial charge in [-0.15, -0.1) is 0 Å². The van der Waals surface area contributed by atoms with E-state index in [1.807, 2.05) is 30.6 Å². The van der Waals surface area contributed by atoms with Crippen molar-refractivity contribution < 1.29 is 23.0 Å². The van der Waals surface area contributed by atoms with Crippen molar-refractivity contribution in [2.45, 2.75) is 48.3 Å². The summed E-state index contributed by atoms with van der Waals surface area (Å²) >= 11 is 0. The molecule has 0 saturated carbocycles. The van der Waals surface area contributed by atoms with E-state index in [2.05, 4.69) is 37.0 Å². The van der Waals surface area contributed by atoms with Crippen LogP contribution in [0.25, 0.3) is 0 Å². The maximum Gasteiger partial charge on any atom is 0.240 e. The fourth-order valence-corrected chi connectivity index (χ4v) is 6.04. The largest absolute Gasteiger partial charge is 0.491 e. The zero-order valence-electron chi connectivity index (χ0n) is 22.7. The van der Waals surface area contributed by atoms with Gasteiger partial charge in [0, 0.05) is 50.6 Å². The summed E-state index contributed by atoms with van der Waals surface area (Å²) in [6, 6.07) is 16.7. The number of nitrogens with one attached hydrogen (secondary N) is 2. The minimum atomic E-state index is -3.55. The van der Waals surface area contributed by atoms with Gasteiger partial charge >= 0.3 is 0 Å². The SMILES string of the molecule is CNS(=O)(=O)c1cccc(OC[C@@H](O)CNC2COC3(CCN(c4ncc(Cc5ccccc5)cn4)CC3)C2)c1. The molecule has 2 aliphatic rings. The second kappa shape index (κ2) is 12.6. The first-order valence-corrected chi connectivity index (χ1v) is 15.1. The molecular weight excluding hydrogens is 530 g/mol. The summed E-state index contributed by atoms with van der Waals surface area (Å²) in [5, 5.41) is 13.8. The monoisotopic (exact) mass is 567 g/mol. The van der Waals surface area contributed by atoms with Crippen LogP contribution in [0.4, 0.5) is 5.95 Å². The molecule has 3 heterocycles. The van der Waals surface area contributed by atoms with Gasteiger partial charge in [0.05, 0.1) is 17.1 Å². The average molecular weight is 568 g/mol. The number of piperidine rings is 1. The predicted octanol–water partition coefficient (Wildman–Crippen LogP) is 2.13. The van der Waals surface area contributed by atoms with Gasteiger partial charge in [0.1, 0.15) is 18.5 Å². The van der Waals surface area contributed by atoms with Crippen LogP contribution in [0.3, 0.4) is 0 Å². The van der Waals surface area contributed by atoms with E-state index in [4.69, 9.17) is 9.47 Å². The Kier molecular flexibility index (Phi) is 8.97. The Morgan fingerprint density at radius 1 is 1.10 bits per heavy atom. The second-order valence-electron chi connectivity index (χ2n) is 10.5. The van der Waals surface area contributed by atoms with E-state index in [1.165, 1.54) is 24.7 Å². The fourth-order valence-electron chi connectivity index (χ4n) is 5.28. The van der Waals surface area contributed by atoms with Gasteiger partial charge in [-0.2, -0.15) is 0 Å². The van der Waals surface area contributed by atoms with Gasteiger partial charge < -0.3 is 24.8 Å². The first-order chi connectivity index (χ1) is 19.3. The molecule has 1 aromatic heterocycles. The third-order valence-corrected chi connectivity index (χ3v) is 8.99. The second-order valence-corrected chi connectivity index (χ2v) is 12.4. The number of aliphatic hydroxyl groups is 1. The van der Waals surface area contributed by atoms with Crippen LogP contribution >= 0.6 is 0 Å². The highest BCUT2D eigenvalue weighted by Gasteiger charge is 2.43. The smallest absolute Gasteiger partial charge is 0.240 e. The molecule has 2 aromatic carbocycles. The van der Waals surface area contributed by atoms with Crippen LogP contribution in [0.2, 0.25) is 0 Å². The summed E-state index contributed by atoms with van der Waals surface area (Å²) in [6.07, 6.45) is 6.60. The van der Waals surface area contributed by atoms with E-state index >= 15 is 0 Å². The predicted molar refractivity (Wildman–Crippen MR) is 152 cm³/mol. The number of ether oxygens (including phenoxy) is 2. The van der Waals surface area contributed by atoms with Gasteiger partial charge in [-0.05, 0) is 49.6 Å². The van der Waals surface area contributed by atoms with Gasteiger partial charge in [0.25, 0.3) is 0 Å². The highest BCUT2D eigenvalue weighted by Crippen LogP contribution is 2.36. The Morgan fingerprint density at radius 3 is 2.58 bits per heavy atom. The molecule has 11 heteroatoms. The van der Waals surface area contributed by atoms with Crippen molar-refractivity contribution in [2.24, 2.45) is 0 Å². The number of hydrogen-bond donors (Lipinski definition) is 3. The van der Waals surface area contributed by atoms with Crippen molar-refractivity contribution in [3.8, 4) is 5.75 Å². The summed E-state index contributed by atoms with van der Waals surface area (Å²) in [5.74, 6) is 1.15. The van der Waals surface area contributed by atoms with Crippen molar-refractivity contribution in [2.75, 3.05) is 44.8 Å². The summed E-state index contributed by atoms with van der Waals surface area (Å²) in [4.78, 5) is 11.6. The lowest BCUT2D eigenvalue weighted by Crippen LogP contribution is -2.45. The van der Waals surface area contributed by atoms with Crippen LogP contribution in [0, 0.1) is 0 Å². The van der Waals surface area contributed by atoms with Crippen LogP contribution < -0.4 is 19.7 Å². The van der Waals surface area contributed by atoms with Gasteiger partial charge in [-0.25, -0.2) is 23.1 Å². The number of aliphatic hydroxyl groups excluding tert-OH is 1. The zero-order chi connectivity index (χ0) is 28.0. The molecule has 5 rings (SSSR count). The molecule has 2 aliphatic heterocycles. The van der Waals surface area contributed by atoms with Crippen LogP contribution in [0.15, 0.2) is 71.9 Å².